The average Bonchev–Trinajstić information content (AvgIpc) is 2.47. The number of hydrogen-bond donors (Lipinski definition) is 2. The molecule has 7 heteroatoms. The third-order valence-corrected chi connectivity index (χ3v) is 3.75. The van der Waals surface area contributed by atoms with Crippen LogP contribution in [0.3, 0.4) is 0 Å². The van der Waals surface area contributed by atoms with Crippen LogP contribution >= 0.6 is 0 Å². The summed E-state index contributed by atoms with van der Waals surface area (Å²) in [5, 5.41) is 11.6. The van der Waals surface area contributed by atoms with E-state index >= 15 is 0 Å². The number of carbonyl (C=O) groups excluding carboxylic acids is 2. The molecular formula is C16H20N2O5. The van der Waals surface area contributed by atoms with E-state index in [1.54, 1.807) is 38.1 Å². The zero-order chi connectivity index (χ0) is 17.4. The highest BCUT2D eigenvalue weighted by atomic mass is 16.5. The highest BCUT2D eigenvalue weighted by Gasteiger charge is 2.39. The van der Waals surface area contributed by atoms with Gasteiger partial charge in [0.25, 0.3) is 5.91 Å². The summed E-state index contributed by atoms with van der Waals surface area (Å²) in [7, 11) is 0. The number of carbonyl (C=O) groups is 3. The molecule has 2 amide bonds. The molecule has 0 spiro atoms. The van der Waals surface area contributed by atoms with Gasteiger partial charge in [-0.05, 0) is 39.8 Å². The predicted octanol–water partition coefficient (Wildman–Crippen LogP) is 1.17. The SMILES string of the molecule is CC1Oc2ccccc2N(C(C)C(=O)NC(C)(C)C(=O)O)C1=O. The highest BCUT2D eigenvalue weighted by Crippen LogP contribution is 2.35. The summed E-state index contributed by atoms with van der Waals surface area (Å²) in [6.45, 7) is 5.94. The molecule has 2 unspecified atom stereocenters. The van der Waals surface area contributed by atoms with Crippen LogP contribution in [0.5, 0.6) is 5.75 Å². The van der Waals surface area contributed by atoms with Crippen LogP contribution in [-0.2, 0) is 14.4 Å². The van der Waals surface area contributed by atoms with Gasteiger partial charge in [-0.15, -0.1) is 0 Å². The van der Waals surface area contributed by atoms with Gasteiger partial charge in [-0.1, -0.05) is 12.1 Å². The van der Waals surface area contributed by atoms with Crippen LogP contribution in [0.25, 0.3) is 0 Å². The Kier molecular flexibility index (Phi) is 4.31. The number of carboxylic acid groups (broad SMARTS) is 1. The minimum Gasteiger partial charge on any atom is -0.480 e. The summed E-state index contributed by atoms with van der Waals surface area (Å²) >= 11 is 0. The predicted molar refractivity (Wildman–Crippen MR) is 83.3 cm³/mol. The number of carboxylic acids is 1. The minimum absolute atomic E-state index is 0.348. The number of nitrogens with zero attached hydrogens (tertiary/aromatic N) is 1. The molecule has 0 fully saturated rings. The average molecular weight is 320 g/mol. The number of aliphatic carboxylic acids is 1. The van der Waals surface area contributed by atoms with Crippen LogP contribution < -0.4 is 15.0 Å². The molecule has 0 aromatic heterocycles. The van der Waals surface area contributed by atoms with E-state index in [2.05, 4.69) is 5.32 Å². The summed E-state index contributed by atoms with van der Waals surface area (Å²) in [6, 6.07) is 6.05. The van der Waals surface area contributed by atoms with Gasteiger partial charge in [0.2, 0.25) is 5.91 Å². The van der Waals surface area contributed by atoms with E-state index in [9.17, 15) is 14.4 Å². The Hall–Kier alpha value is -2.57. The van der Waals surface area contributed by atoms with Crippen LogP contribution in [0.4, 0.5) is 5.69 Å². The molecule has 124 valence electrons. The minimum atomic E-state index is -1.42. The van der Waals surface area contributed by atoms with Gasteiger partial charge < -0.3 is 15.2 Å². The summed E-state index contributed by atoms with van der Waals surface area (Å²) in [4.78, 5) is 37.4. The second-order valence-electron chi connectivity index (χ2n) is 6.03. The standard InChI is InChI=1S/C16H20N2O5/c1-9(13(19)17-16(3,4)15(21)22)18-11-7-5-6-8-12(11)23-10(2)14(18)20/h5-10H,1-4H3,(H,17,19)(H,21,22). The van der Waals surface area contributed by atoms with E-state index in [1.165, 1.54) is 18.7 Å². The second kappa shape index (κ2) is 5.91. The first-order chi connectivity index (χ1) is 10.6. The second-order valence-corrected chi connectivity index (χ2v) is 6.03. The first kappa shape index (κ1) is 16.8. The summed E-state index contributed by atoms with van der Waals surface area (Å²) in [6.07, 6.45) is -0.715. The molecule has 0 saturated heterocycles. The molecule has 1 aromatic rings. The molecule has 2 rings (SSSR count). The first-order valence-electron chi connectivity index (χ1n) is 7.29. The van der Waals surface area contributed by atoms with Crippen molar-refractivity contribution in [1.29, 1.82) is 0 Å². The Morgan fingerprint density at radius 3 is 2.57 bits per heavy atom. The van der Waals surface area contributed by atoms with Crippen molar-refractivity contribution in [3.05, 3.63) is 24.3 Å². The van der Waals surface area contributed by atoms with Crippen molar-refractivity contribution in [1.82, 2.24) is 5.32 Å². The van der Waals surface area contributed by atoms with E-state index in [0.29, 0.717) is 11.4 Å². The number of para-hydroxylation sites is 2. The highest BCUT2D eigenvalue weighted by molar-refractivity contribution is 6.05. The lowest BCUT2D eigenvalue weighted by atomic mass is 10.0. The molecule has 0 saturated carbocycles. The maximum atomic E-state index is 12.4. The molecule has 7 nitrogen and oxygen atoms in total. The summed E-state index contributed by atoms with van der Waals surface area (Å²) in [5.74, 6) is -1.54. The van der Waals surface area contributed by atoms with Crippen molar-refractivity contribution in [2.45, 2.75) is 45.4 Å². The molecule has 1 aliphatic rings. The number of fused-ring (bicyclic) bond motifs is 1. The van der Waals surface area contributed by atoms with Crippen molar-refractivity contribution in [2.75, 3.05) is 4.90 Å². The smallest absolute Gasteiger partial charge is 0.328 e. The monoisotopic (exact) mass is 320 g/mol. The molecule has 1 heterocycles. The number of rotatable bonds is 4. The van der Waals surface area contributed by atoms with Crippen molar-refractivity contribution in [2.24, 2.45) is 0 Å². The fraction of sp³-hybridized carbons (Fsp3) is 0.438. The van der Waals surface area contributed by atoms with Crippen molar-refractivity contribution in [3.8, 4) is 5.75 Å². The third kappa shape index (κ3) is 3.13. The van der Waals surface area contributed by atoms with E-state index < -0.39 is 29.6 Å². The van der Waals surface area contributed by atoms with Gasteiger partial charge in [0.05, 0.1) is 5.69 Å². The van der Waals surface area contributed by atoms with E-state index in [1.807, 2.05) is 0 Å². The van der Waals surface area contributed by atoms with Gasteiger partial charge >= 0.3 is 5.97 Å². The summed E-state index contributed by atoms with van der Waals surface area (Å²) in [5.41, 5.74) is -0.933. The van der Waals surface area contributed by atoms with E-state index in [0.717, 1.165) is 0 Å². The topological polar surface area (TPSA) is 95.9 Å². The number of ether oxygens (including phenoxy) is 1. The molecule has 2 atom stereocenters. The Morgan fingerprint density at radius 2 is 1.96 bits per heavy atom. The van der Waals surface area contributed by atoms with Crippen molar-refractivity contribution >= 4 is 23.5 Å². The number of benzene rings is 1. The maximum Gasteiger partial charge on any atom is 0.328 e. The lowest BCUT2D eigenvalue weighted by Gasteiger charge is -2.37. The molecule has 0 aliphatic carbocycles. The fourth-order valence-corrected chi connectivity index (χ4v) is 2.29. The van der Waals surface area contributed by atoms with Crippen LogP contribution in [0.1, 0.15) is 27.7 Å². The lowest BCUT2D eigenvalue weighted by molar-refractivity contribution is -0.146. The normalized spacial score (nSPS) is 18.7. The van der Waals surface area contributed by atoms with Gasteiger partial charge in [-0.2, -0.15) is 0 Å². The quantitative estimate of drug-likeness (QED) is 0.868. The zero-order valence-electron chi connectivity index (χ0n) is 13.5. The number of amides is 2. The zero-order valence-corrected chi connectivity index (χ0v) is 13.5. The van der Waals surface area contributed by atoms with Gasteiger partial charge in [0.15, 0.2) is 6.10 Å². The Morgan fingerprint density at radius 1 is 1.35 bits per heavy atom. The molecule has 0 radical (unpaired) electrons. The van der Waals surface area contributed by atoms with Gasteiger partial charge in [0.1, 0.15) is 17.3 Å². The largest absolute Gasteiger partial charge is 0.480 e. The number of hydrogen-bond acceptors (Lipinski definition) is 4. The Labute approximate surface area is 134 Å². The van der Waals surface area contributed by atoms with Crippen LogP contribution in [0.2, 0.25) is 0 Å². The van der Waals surface area contributed by atoms with Crippen LogP contribution in [-0.4, -0.2) is 40.6 Å². The van der Waals surface area contributed by atoms with Gasteiger partial charge in [0, 0.05) is 0 Å². The van der Waals surface area contributed by atoms with Crippen molar-refractivity contribution < 1.29 is 24.2 Å². The van der Waals surface area contributed by atoms with Crippen molar-refractivity contribution in [3.63, 3.8) is 0 Å². The Balaban J connectivity index is 2.31. The van der Waals surface area contributed by atoms with E-state index in [-0.39, 0.29) is 5.91 Å². The molecule has 0 bridgehead atoms. The molecule has 23 heavy (non-hydrogen) atoms. The lowest BCUT2D eigenvalue weighted by Crippen LogP contribution is -2.58. The third-order valence-electron chi connectivity index (χ3n) is 3.75. The molecule has 2 N–H and O–H groups in total. The molecule has 1 aliphatic heterocycles. The van der Waals surface area contributed by atoms with Crippen LogP contribution in [0, 0.1) is 0 Å². The van der Waals surface area contributed by atoms with Gasteiger partial charge in [-0.3, -0.25) is 14.5 Å². The molecule has 1 aromatic carbocycles. The van der Waals surface area contributed by atoms with Crippen LogP contribution in [0.15, 0.2) is 24.3 Å². The number of nitrogens with one attached hydrogen (secondary N) is 1. The molecular weight excluding hydrogens is 300 g/mol. The first-order valence-corrected chi connectivity index (χ1v) is 7.29. The van der Waals surface area contributed by atoms with E-state index in [4.69, 9.17) is 9.84 Å². The maximum absolute atomic E-state index is 12.4. The summed E-state index contributed by atoms with van der Waals surface area (Å²) < 4.78 is 5.53. The number of anilines is 1. The van der Waals surface area contributed by atoms with Gasteiger partial charge in [-0.25, -0.2) is 4.79 Å². The fourth-order valence-electron chi connectivity index (χ4n) is 2.29. The Bertz CT molecular complexity index is 656.